The van der Waals surface area contributed by atoms with Gasteiger partial charge in [-0.3, -0.25) is 18.3 Å². The molecule has 0 spiro atoms. The van der Waals surface area contributed by atoms with Gasteiger partial charge in [0.15, 0.2) is 0 Å². The lowest BCUT2D eigenvalue weighted by Gasteiger charge is -2.32. The zero-order valence-corrected chi connectivity index (χ0v) is 20.9. The van der Waals surface area contributed by atoms with Crippen LogP contribution in [0.4, 0.5) is 0 Å². The van der Waals surface area contributed by atoms with Gasteiger partial charge in [-0.05, 0) is 35.7 Å². The first-order valence-electron chi connectivity index (χ1n) is 10.6. The van der Waals surface area contributed by atoms with E-state index >= 15 is 0 Å². The molecule has 4 heterocycles. The Labute approximate surface area is 198 Å². The van der Waals surface area contributed by atoms with Crippen molar-refractivity contribution in [1.82, 2.24) is 9.80 Å². The largest absolute Gasteiger partial charge is 0.306 e. The molecular weight excluding hydrogens is 464 g/mol. The van der Waals surface area contributed by atoms with Crippen LogP contribution in [0.2, 0.25) is 0 Å². The molecule has 2 aliphatic rings. The third kappa shape index (κ3) is 4.20. The molecule has 9 heteroatoms. The Morgan fingerprint density at radius 2 is 1.44 bits per heavy atom. The van der Waals surface area contributed by atoms with Crippen molar-refractivity contribution in [3.63, 3.8) is 0 Å². The van der Waals surface area contributed by atoms with Gasteiger partial charge in [-0.2, -0.15) is 10.6 Å². The van der Waals surface area contributed by atoms with Gasteiger partial charge in [-0.15, -0.1) is 22.7 Å². The second-order valence-corrected chi connectivity index (χ2v) is 12.4. The molecule has 1 atom stereocenters. The Morgan fingerprint density at radius 3 is 1.84 bits per heavy atom. The Hall–Kier alpha value is -1.91. The second kappa shape index (κ2) is 9.52. The van der Waals surface area contributed by atoms with E-state index in [2.05, 4.69) is 6.92 Å². The number of hydrogen-bond acceptors (Lipinski definition) is 6. The highest BCUT2D eigenvalue weighted by Gasteiger charge is 2.48. The summed E-state index contributed by atoms with van der Waals surface area (Å²) < 4.78 is 15.5. The zero-order valence-electron chi connectivity index (χ0n) is 18.5. The van der Waals surface area contributed by atoms with E-state index in [9.17, 15) is 14.1 Å². The first kappa shape index (κ1) is 23.3. The van der Waals surface area contributed by atoms with E-state index < -0.39 is 10.6 Å². The minimum atomic E-state index is -2.13. The Kier molecular flexibility index (Phi) is 6.92. The number of carbonyl (C=O) groups excluding carboxylic acids is 2. The first-order valence-corrected chi connectivity index (χ1v) is 14.5. The molecule has 0 aromatic carbocycles. The van der Waals surface area contributed by atoms with Gasteiger partial charge in [0.25, 0.3) is 11.8 Å². The quantitative estimate of drug-likeness (QED) is 0.490. The van der Waals surface area contributed by atoms with E-state index in [4.69, 9.17) is 4.18 Å². The second-order valence-electron chi connectivity index (χ2n) is 7.85. The van der Waals surface area contributed by atoms with Crippen molar-refractivity contribution in [3.8, 4) is 0 Å². The molecule has 0 aliphatic carbocycles. The highest BCUT2D eigenvalue weighted by atomic mass is 32.3. The third-order valence-corrected chi connectivity index (χ3v) is 9.21. The molecule has 0 bridgehead atoms. The van der Waals surface area contributed by atoms with Crippen molar-refractivity contribution in [2.75, 3.05) is 32.2 Å². The predicted octanol–water partition coefficient (Wildman–Crippen LogP) is 5.28. The molecule has 1 N–H and O–H groups in total. The van der Waals surface area contributed by atoms with Gasteiger partial charge in [0.1, 0.15) is 0 Å². The lowest BCUT2D eigenvalue weighted by atomic mass is 10.1. The average Bonchev–Trinajstić information content (AvgIpc) is 3.55. The highest BCUT2D eigenvalue weighted by molar-refractivity contribution is 8.24. The van der Waals surface area contributed by atoms with Gasteiger partial charge in [0, 0.05) is 25.1 Å². The van der Waals surface area contributed by atoms with Crippen molar-refractivity contribution >= 4 is 56.5 Å². The fourth-order valence-corrected chi connectivity index (χ4v) is 6.45. The molecule has 32 heavy (non-hydrogen) atoms. The van der Waals surface area contributed by atoms with Gasteiger partial charge in [0.05, 0.1) is 39.4 Å². The summed E-state index contributed by atoms with van der Waals surface area (Å²) in [6, 6.07) is 7.82. The highest BCUT2D eigenvalue weighted by Crippen LogP contribution is 2.48. The van der Waals surface area contributed by atoms with Crippen LogP contribution in [-0.2, 0) is 13.8 Å². The fraction of sp³-hybridized carbons (Fsp3) is 0.391. The van der Waals surface area contributed by atoms with Crippen LogP contribution in [0.1, 0.15) is 35.9 Å². The van der Waals surface area contributed by atoms with Crippen LogP contribution in [-0.4, -0.2) is 58.4 Å². The molecular formula is C23H28N2O4S3. The van der Waals surface area contributed by atoms with Crippen molar-refractivity contribution in [2.45, 2.75) is 26.2 Å². The monoisotopic (exact) mass is 492 g/mol. The van der Waals surface area contributed by atoms with Crippen LogP contribution in [0.3, 0.4) is 0 Å². The zero-order chi connectivity index (χ0) is 22.9. The number of fused-ring (bicyclic) bond motifs is 1. The molecule has 2 aromatic heterocycles. The molecule has 1 unspecified atom stereocenters. The number of rotatable bonds is 10. The number of amides is 2. The first-order chi connectivity index (χ1) is 15.4. The normalized spacial score (nSPS) is 19.2. The summed E-state index contributed by atoms with van der Waals surface area (Å²) in [5, 5.41) is 3.93. The SMILES string of the molecule is CCCCN1C(=O)C2=C(c3cccs3)N(CCCS(C)(O)OC)C(=O)C2=C1c1cccs1. The van der Waals surface area contributed by atoms with Crippen molar-refractivity contribution in [1.29, 1.82) is 0 Å². The minimum absolute atomic E-state index is 0.0920. The van der Waals surface area contributed by atoms with Crippen molar-refractivity contribution in [2.24, 2.45) is 0 Å². The van der Waals surface area contributed by atoms with E-state index in [1.165, 1.54) is 18.4 Å². The molecule has 6 nitrogen and oxygen atoms in total. The molecule has 0 radical (unpaired) electrons. The van der Waals surface area contributed by atoms with Gasteiger partial charge < -0.3 is 9.80 Å². The van der Waals surface area contributed by atoms with E-state index in [1.807, 2.05) is 35.0 Å². The molecule has 0 fully saturated rings. The van der Waals surface area contributed by atoms with Crippen LogP contribution in [0.25, 0.3) is 11.4 Å². The Bertz CT molecular complexity index is 1060. The van der Waals surface area contributed by atoms with Gasteiger partial charge in [-0.25, -0.2) is 0 Å². The maximum absolute atomic E-state index is 13.8. The van der Waals surface area contributed by atoms with E-state index in [0.29, 0.717) is 42.1 Å². The molecule has 0 saturated heterocycles. The van der Waals surface area contributed by atoms with Crippen LogP contribution < -0.4 is 0 Å². The summed E-state index contributed by atoms with van der Waals surface area (Å²) >= 11 is 3.07. The Morgan fingerprint density at radius 1 is 0.938 bits per heavy atom. The number of hydrogen-bond donors (Lipinski definition) is 1. The minimum Gasteiger partial charge on any atom is -0.306 e. The number of unbranched alkanes of at least 4 members (excludes halogenated alkanes) is 1. The van der Waals surface area contributed by atoms with Crippen LogP contribution in [0.15, 0.2) is 46.2 Å². The van der Waals surface area contributed by atoms with E-state index in [1.54, 1.807) is 27.4 Å². The number of thiophene rings is 2. The third-order valence-electron chi connectivity index (χ3n) is 5.69. The molecule has 2 amide bonds. The summed E-state index contributed by atoms with van der Waals surface area (Å²) in [7, 11) is -0.630. The topological polar surface area (TPSA) is 70.1 Å². The van der Waals surface area contributed by atoms with E-state index in [-0.39, 0.29) is 11.8 Å². The number of carbonyl (C=O) groups is 2. The maximum atomic E-state index is 13.8. The predicted molar refractivity (Wildman–Crippen MR) is 133 cm³/mol. The lowest BCUT2D eigenvalue weighted by Crippen LogP contribution is -2.31. The summed E-state index contributed by atoms with van der Waals surface area (Å²) in [5.41, 5.74) is 2.47. The van der Waals surface area contributed by atoms with E-state index in [0.717, 1.165) is 28.3 Å². The summed E-state index contributed by atoms with van der Waals surface area (Å²) in [5.74, 6) is 0.241. The summed E-state index contributed by atoms with van der Waals surface area (Å²) in [4.78, 5) is 32.8. The van der Waals surface area contributed by atoms with Crippen LogP contribution in [0.5, 0.6) is 0 Å². The van der Waals surface area contributed by atoms with Crippen LogP contribution in [0, 0.1) is 0 Å². The Balaban J connectivity index is 1.79. The van der Waals surface area contributed by atoms with Gasteiger partial charge in [0.2, 0.25) is 0 Å². The van der Waals surface area contributed by atoms with Crippen LogP contribution >= 0.6 is 33.3 Å². The molecule has 2 aromatic rings. The summed E-state index contributed by atoms with van der Waals surface area (Å²) in [6.45, 7) is 3.12. The fourth-order valence-electron chi connectivity index (χ4n) is 4.05. The standard InChI is InChI=1S/C23H28N2O4S3/c1-4-5-11-24-20(16-9-6-13-30-16)18-19(22(24)26)21(17-10-7-14-31-17)25(23(18)27)12-8-15-32(3,28)29-2/h6-7,9-10,13-14,28H,4-5,8,11-12,15H2,1-3H3. The lowest BCUT2D eigenvalue weighted by molar-refractivity contribution is -0.124. The average molecular weight is 493 g/mol. The molecule has 4 rings (SSSR count). The number of nitrogens with zero attached hydrogens (tertiary/aromatic N) is 2. The smallest absolute Gasteiger partial charge is 0.261 e. The maximum Gasteiger partial charge on any atom is 0.261 e. The summed E-state index contributed by atoms with van der Waals surface area (Å²) in [6.07, 6.45) is 4.12. The van der Waals surface area contributed by atoms with Gasteiger partial charge in [-0.1, -0.05) is 25.5 Å². The molecule has 0 saturated carbocycles. The molecule has 172 valence electrons. The van der Waals surface area contributed by atoms with Crippen molar-refractivity contribution < 1.29 is 18.3 Å². The molecule has 2 aliphatic heterocycles. The van der Waals surface area contributed by atoms with Gasteiger partial charge >= 0.3 is 0 Å². The van der Waals surface area contributed by atoms with Crippen molar-refractivity contribution in [3.05, 3.63) is 55.9 Å².